The molecule has 3 heterocycles. The van der Waals surface area contributed by atoms with Crippen LogP contribution in [-0.4, -0.2) is 65.2 Å². The van der Waals surface area contributed by atoms with Crippen molar-refractivity contribution < 1.29 is 18.8 Å². The number of hydrogen-bond donors (Lipinski definition) is 1. The Kier molecular flexibility index (Phi) is 6.57. The highest BCUT2D eigenvalue weighted by atomic mass is 16.5. The first-order chi connectivity index (χ1) is 17.8. The van der Waals surface area contributed by atoms with Gasteiger partial charge in [-0.25, -0.2) is 4.98 Å². The maximum atomic E-state index is 12.4. The molecular formula is C27H32N6O4. The van der Waals surface area contributed by atoms with Crippen molar-refractivity contribution in [2.45, 2.75) is 45.4 Å². The minimum Gasteiger partial charge on any atom is -0.468 e. The smallest absolute Gasteiger partial charge is 0.316 e. The van der Waals surface area contributed by atoms with Crippen molar-refractivity contribution in [2.75, 3.05) is 43.5 Å². The second-order valence-corrected chi connectivity index (χ2v) is 9.76. The first kappa shape index (κ1) is 24.7. The Morgan fingerprint density at radius 3 is 2.30 bits per heavy atom. The lowest BCUT2D eigenvalue weighted by Gasteiger charge is -2.39. The number of benzene rings is 1. The van der Waals surface area contributed by atoms with Gasteiger partial charge in [0.25, 0.3) is 0 Å². The molecule has 1 amide bonds. The van der Waals surface area contributed by atoms with E-state index in [9.17, 15) is 9.59 Å². The summed E-state index contributed by atoms with van der Waals surface area (Å²) in [6.07, 6.45) is 2.62. The number of anilines is 3. The minimum atomic E-state index is -0.539. The van der Waals surface area contributed by atoms with Crippen molar-refractivity contribution in [1.29, 1.82) is 0 Å². The first-order valence-electron chi connectivity index (χ1n) is 12.6. The Hall–Kier alpha value is -3.95. The topological polar surface area (TPSA) is 114 Å². The second kappa shape index (κ2) is 9.84. The van der Waals surface area contributed by atoms with E-state index >= 15 is 0 Å². The van der Waals surface area contributed by atoms with Gasteiger partial charge in [0.15, 0.2) is 0 Å². The van der Waals surface area contributed by atoms with E-state index in [1.165, 1.54) is 7.11 Å². The standard InChI is InChI=1S/C27H32N6O4/c1-17-24(18(2)37-31-17)22-16-23(33-14-12-32(13-15-33)19(3)34)30-26(29-22)28-21-8-6-20(7-9-21)27(10-5-11-27)25(35)36-4/h6-9,16H,5,10-15H2,1-4H3,(H,28,29,30). The average molecular weight is 505 g/mol. The molecule has 1 aliphatic carbocycles. The van der Waals surface area contributed by atoms with Gasteiger partial charge < -0.3 is 24.4 Å². The van der Waals surface area contributed by atoms with Crippen molar-refractivity contribution in [3.63, 3.8) is 0 Å². The number of aryl methyl sites for hydroxylation is 2. The van der Waals surface area contributed by atoms with Crippen LogP contribution in [0.15, 0.2) is 34.9 Å². The third-order valence-electron chi connectivity index (χ3n) is 7.53. The Bertz CT molecular complexity index is 1290. The Labute approximate surface area is 216 Å². The van der Waals surface area contributed by atoms with Gasteiger partial charge in [0.05, 0.1) is 29.5 Å². The van der Waals surface area contributed by atoms with E-state index in [0.717, 1.165) is 47.6 Å². The molecule has 0 bridgehead atoms. The molecule has 3 aromatic rings. The highest BCUT2D eigenvalue weighted by Gasteiger charge is 2.46. The molecule has 37 heavy (non-hydrogen) atoms. The molecular weight excluding hydrogens is 472 g/mol. The third kappa shape index (κ3) is 4.63. The van der Waals surface area contributed by atoms with Crippen LogP contribution >= 0.6 is 0 Å². The van der Waals surface area contributed by atoms with Gasteiger partial charge in [-0.2, -0.15) is 4.98 Å². The maximum Gasteiger partial charge on any atom is 0.316 e. The molecule has 0 atom stereocenters. The zero-order valence-corrected chi connectivity index (χ0v) is 21.7. The van der Waals surface area contributed by atoms with Gasteiger partial charge >= 0.3 is 5.97 Å². The lowest BCUT2D eigenvalue weighted by molar-refractivity contribution is -0.151. The molecule has 2 aliphatic rings. The largest absolute Gasteiger partial charge is 0.468 e. The van der Waals surface area contributed by atoms with Gasteiger partial charge in [-0.1, -0.05) is 23.7 Å². The summed E-state index contributed by atoms with van der Waals surface area (Å²) in [6, 6.07) is 9.77. The molecule has 10 nitrogen and oxygen atoms in total. The van der Waals surface area contributed by atoms with Crippen LogP contribution in [0.4, 0.5) is 17.5 Å². The summed E-state index contributed by atoms with van der Waals surface area (Å²) in [7, 11) is 1.44. The second-order valence-electron chi connectivity index (χ2n) is 9.76. The van der Waals surface area contributed by atoms with Gasteiger partial charge in [-0.15, -0.1) is 0 Å². The van der Waals surface area contributed by atoms with Crippen LogP contribution in [0.25, 0.3) is 11.3 Å². The fourth-order valence-corrected chi connectivity index (χ4v) is 5.22. The number of carbonyl (C=O) groups excluding carboxylic acids is 2. The van der Waals surface area contributed by atoms with Crippen molar-refractivity contribution in [2.24, 2.45) is 0 Å². The molecule has 10 heteroatoms. The lowest BCUT2D eigenvalue weighted by Crippen LogP contribution is -2.48. The van der Waals surface area contributed by atoms with Crippen molar-refractivity contribution >= 4 is 29.3 Å². The minimum absolute atomic E-state index is 0.0837. The maximum absolute atomic E-state index is 12.4. The van der Waals surface area contributed by atoms with Crippen LogP contribution in [0.2, 0.25) is 0 Å². The molecule has 0 unspecified atom stereocenters. The number of methoxy groups -OCH3 is 1. The number of ether oxygens (including phenoxy) is 1. The van der Waals surface area contributed by atoms with Crippen LogP contribution in [0.3, 0.4) is 0 Å². The molecule has 0 radical (unpaired) electrons. The zero-order valence-electron chi connectivity index (χ0n) is 21.7. The zero-order chi connectivity index (χ0) is 26.2. The number of carbonyl (C=O) groups is 2. The molecule has 0 spiro atoms. The van der Waals surface area contributed by atoms with Crippen molar-refractivity contribution in [3.8, 4) is 11.3 Å². The van der Waals surface area contributed by atoms with Crippen LogP contribution in [0, 0.1) is 13.8 Å². The van der Waals surface area contributed by atoms with E-state index in [1.807, 2.05) is 49.1 Å². The molecule has 5 rings (SSSR count). The highest BCUT2D eigenvalue weighted by Crippen LogP contribution is 2.45. The predicted molar refractivity (Wildman–Crippen MR) is 139 cm³/mol. The Morgan fingerprint density at radius 2 is 1.76 bits per heavy atom. The fraction of sp³-hybridized carbons (Fsp3) is 0.444. The number of rotatable bonds is 6. The number of nitrogens with one attached hydrogen (secondary N) is 1. The third-order valence-corrected chi connectivity index (χ3v) is 7.53. The summed E-state index contributed by atoms with van der Waals surface area (Å²) in [6.45, 7) is 8.01. The van der Waals surface area contributed by atoms with Gasteiger partial charge in [-0.3, -0.25) is 9.59 Å². The molecule has 194 valence electrons. The number of esters is 1. The van der Waals surface area contributed by atoms with Crippen LogP contribution in [0.5, 0.6) is 0 Å². The van der Waals surface area contributed by atoms with E-state index in [2.05, 4.69) is 15.4 Å². The molecule has 1 saturated carbocycles. The molecule has 2 fully saturated rings. The van der Waals surface area contributed by atoms with Crippen LogP contribution in [0.1, 0.15) is 43.2 Å². The Morgan fingerprint density at radius 1 is 1.05 bits per heavy atom. The lowest BCUT2D eigenvalue weighted by atomic mass is 9.64. The van der Waals surface area contributed by atoms with Gasteiger partial charge in [0.1, 0.15) is 11.6 Å². The van der Waals surface area contributed by atoms with Gasteiger partial charge in [0, 0.05) is 44.9 Å². The molecule has 2 aromatic heterocycles. The highest BCUT2D eigenvalue weighted by molar-refractivity contribution is 5.84. The van der Waals surface area contributed by atoms with E-state index in [1.54, 1.807) is 6.92 Å². The van der Waals surface area contributed by atoms with Gasteiger partial charge in [-0.05, 0) is 44.4 Å². The monoisotopic (exact) mass is 504 g/mol. The SMILES string of the molecule is COC(=O)C1(c2ccc(Nc3nc(-c4c(C)noc4C)cc(N4CCN(C(C)=O)CC4)n3)cc2)CCC1. The van der Waals surface area contributed by atoms with Crippen molar-refractivity contribution in [1.82, 2.24) is 20.0 Å². The van der Waals surface area contributed by atoms with E-state index in [0.29, 0.717) is 43.6 Å². The molecule has 1 N–H and O–H groups in total. The summed E-state index contributed by atoms with van der Waals surface area (Å²) < 4.78 is 10.5. The number of aromatic nitrogens is 3. The van der Waals surface area contributed by atoms with Crippen molar-refractivity contribution in [3.05, 3.63) is 47.3 Å². The molecule has 1 aliphatic heterocycles. The first-order valence-corrected chi connectivity index (χ1v) is 12.6. The van der Waals surface area contributed by atoms with Crippen LogP contribution in [-0.2, 0) is 19.7 Å². The molecule has 1 saturated heterocycles. The summed E-state index contributed by atoms with van der Waals surface area (Å²) in [5, 5.41) is 7.42. The summed E-state index contributed by atoms with van der Waals surface area (Å²) in [5.74, 6) is 1.81. The average Bonchev–Trinajstić information content (AvgIpc) is 3.21. The normalized spacial score (nSPS) is 16.8. The number of nitrogens with zero attached hydrogens (tertiary/aromatic N) is 5. The fourth-order valence-electron chi connectivity index (χ4n) is 5.22. The number of piperazine rings is 1. The van der Waals surface area contributed by atoms with Gasteiger partial charge in [0.2, 0.25) is 11.9 Å². The summed E-state index contributed by atoms with van der Waals surface area (Å²) in [5.41, 5.74) is 3.55. The summed E-state index contributed by atoms with van der Waals surface area (Å²) >= 11 is 0. The summed E-state index contributed by atoms with van der Waals surface area (Å²) in [4.78, 5) is 37.8. The Balaban J connectivity index is 1.44. The number of hydrogen-bond acceptors (Lipinski definition) is 9. The van der Waals surface area contributed by atoms with E-state index < -0.39 is 5.41 Å². The molecule has 1 aromatic carbocycles. The van der Waals surface area contributed by atoms with E-state index in [4.69, 9.17) is 19.2 Å². The predicted octanol–water partition coefficient (Wildman–Crippen LogP) is 3.76. The van der Waals surface area contributed by atoms with E-state index in [-0.39, 0.29) is 11.9 Å². The number of amides is 1. The van der Waals surface area contributed by atoms with Crippen LogP contribution < -0.4 is 10.2 Å². The quantitative estimate of drug-likeness (QED) is 0.501.